The minimum Gasteiger partial charge on any atom is -0.427 e. The SMILES string of the molecule is O=C(/N=c1/ccccn1O)Nc1ccccc1. The molecular weight excluding hydrogens is 218 g/mol. The Labute approximate surface area is 97.6 Å². The number of para-hydroxylation sites is 1. The number of nitrogens with one attached hydrogen (secondary N) is 1. The van der Waals surface area contributed by atoms with E-state index in [0.29, 0.717) is 5.69 Å². The van der Waals surface area contributed by atoms with Gasteiger partial charge in [-0.05, 0) is 24.3 Å². The van der Waals surface area contributed by atoms with Crippen LogP contribution in [0.15, 0.2) is 59.7 Å². The van der Waals surface area contributed by atoms with Gasteiger partial charge < -0.3 is 10.5 Å². The smallest absolute Gasteiger partial charge is 0.347 e. The molecule has 2 N–H and O–H groups in total. The van der Waals surface area contributed by atoms with Crippen molar-refractivity contribution in [3.63, 3.8) is 0 Å². The molecule has 0 aliphatic rings. The van der Waals surface area contributed by atoms with Crippen molar-refractivity contribution in [2.24, 2.45) is 4.99 Å². The Morgan fingerprint density at radius 2 is 1.82 bits per heavy atom. The molecule has 5 heteroatoms. The molecular formula is C12H11N3O2. The highest BCUT2D eigenvalue weighted by molar-refractivity contribution is 5.89. The highest BCUT2D eigenvalue weighted by Gasteiger charge is 1.98. The van der Waals surface area contributed by atoms with Crippen LogP contribution in [0.5, 0.6) is 0 Å². The third kappa shape index (κ3) is 2.94. The van der Waals surface area contributed by atoms with E-state index in [0.717, 1.165) is 4.73 Å². The second kappa shape index (κ2) is 4.98. The Balaban J connectivity index is 2.18. The minimum absolute atomic E-state index is 0.168. The summed E-state index contributed by atoms with van der Waals surface area (Å²) in [4.78, 5) is 15.2. The molecule has 2 rings (SSSR count). The first-order valence-corrected chi connectivity index (χ1v) is 5.03. The molecule has 0 aliphatic heterocycles. The van der Waals surface area contributed by atoms with E-state index in [1.165, 1.54) is 12.3 Å². The first kappa shape index (κ1) is 10.9. The van der Waals surface area contributed by atoms with Gasteiger partial charge in [-0.25, -0.2) is 4.79 Å². The van der Waals surface area contributed by atoms with E-state index in [9.17, 15) is 10.0 Å². The van der Waals surface area contributed by atoms with Crippen LogP contribution in [0.25, 0.3) is 0 Å². The number of urea groups is 1. The highest BCUT2D eigenvalue weighted by atomic mass is 16.5. The van der Waals surface area contributed by atoms with Crippen molar-refractivity contribution < 1.29 is 10.0 Å². The molecule has 2 amide bonds. The van der Waals surface area contributed by atoms with Crippen molar-refractivity contribution in [3.05, 3.63) is 60.2 Å². The van der Waals surface area contributed by atoms with Crippen LogP contribution in [0.2, 0.25) is 0 Å². The van der Waals surface area contributed by atoms with Crippen LogP contribution in [0.3, 0.4) is 0 Å². The first-order valence-electron chi connectivity index (χ1n) is 5.03. The molecule has 0 atom stereocenters. The zero-order valence-electron chi connectivity index (χ0n) is 8.95. The van der Waals surface area contributed by atoms with Crippen molar-refractivity contribution >= 4 is 11.7 Å². The van der Waals surface area contributed by atoms with Gasteiger partial charge in [-0.1, -0.05) is 24.3 Å². The van der Waals surface area contributed by atoms with Crippen LogP contribution in [0.4, 0.5) is 10.5 Å². The Kier molecular flexibility index (Phi) is 3.20. The van der Waals surface area contributed by atoms with Gasteiger partial charge in [-0.15, -0.1) is 0 Å². The first-order chi connectivity index (χ1) is 8.25. The molecule has 0 spiro atoms. The lowest BCUT2D eigenvalue weighted by Gasteiger charge is -2.00. The van der Waals surface area contributed by atoms with Crippen molar-refractivity contribution in [3.8, 4) is 0 Å². The molecule has 1 aromatic heterocycles. The number of hydrogen-bond acceptors (Lipinski definition) is 2. The van der Waals surface area contributed by atoms with Crippen LogP contribution in [-0.4, -0.2) is 16.0 Å². The van der Waals surface area contributed by atoms with Crippen molar-refractivity contribution in [2.75, 3.05) is 5.32 Å². The van der Waals surface area contributed by atoms with Gasteiger partial charge in [0.05, 0.1) is 0 Å². The number of anilines is 1. The fourth-order valence-electron chi connectivity index (χ4n) is 1.29. The second-order valence-electron chi connectivity index (χ2n) is 3.31. The van der Waals surface area contributed by atoms with E-state index >= 15 is 0 Å². The number of carbonyl (C=O) groups is 1. The van der Waals surface area contributed by atoms with Crippen LogP contribution in [0, 0.1) is 0 Å². The van der Waals surface area contributed by atoms with E-state index in [1.54, 1.807) is 24.3 Å². The predicted octanol–water partition coefficient (Wildman–Crippen LogP) is 1.86. The summed E-state index contributed by atoms with van der Waals surface area (Å²) >= 11 is 0. The average Bonchev–Trinajstić information content (AvgIpc) is 2.33. The molecule has 2 aromatic rings. The van der Waals surface area contributed by atoms with Crippen molar-refractivity contribution in [1.82, 2.24) is 4.73 Å². The highest BCUT2D eigenvalue weighted by Crippen LogP contribution is 2.04. The monoisotopic (exact) mass is 229 g/mol. The van der Waals surface area contributed by atoms with Gasteiger partial charge in [0.25, 0.3) is 0 Å². The average molecular weight is 229 g/mol. The maximum atomic E-state index is 11.5. The number of pyridine rings is 1. The molecule has 0 fully saturated rings. The number of rotatable bonds is 1. The van der Waals surface area contributed by atoms with Crippen LogP contribution in [0.1, 0.15) is 0 Å². The van der Waals surface area contributed by atoms with Crippen LogP contribution in [-0.2, 0) is 0 Å². The molecule has 1 aromatic carbocycles. The number of nitrogens with zero attached hydrogens (tertiary/aromatic N) is 2. The summed E-state index contributed by atoms with van der Waals surface area (Å²) in [6.07, 6.45) is 1.40. The second-order valence-corrected chi connectivity index (χ2v) is 3.31. The molecule has 1 heterocycles. The normalized spacial score (nSPS) is 11.2. The maximum absolute atomic E-state index is 11.5. The molecule has 0 bridgehead atoms. The molecule has 17 heavy (non-hydrogen) atoms. The van der Waals surface area contributed by atoms with Gasteiger partial charge in [-0.3, -0.25) is 0 Å². The summed E-state index contributed by atoms with van der Waals surface area (Å²) < 4.78 is 0.782. The summed E-state index contributed by atoms with van der Waals surface area (Å²) in [5, 5.41) is 12.0. The lowest BCUT2D eigenvalue weighted by atomic mass is 10.3. The van der Waals surface area contributed by atoms with E-state index in [-0.39, 0.29) is 5.49 Å². The Morgan fingerprint density at radius 3 is 2.53 bits per heavy atom. The van der Waals surface area contributed by atoms with Gasteiger partial charge in [0, 0.05) is 11.9 Å². The van der Waals surface area contributed by atoms with Gasteiger partial charge in [-0.2, -0.15) is 9.72 Å². The van der Waals surface area contributed by atoms with Gasteiger partial charge >= 0.3 is 6.03 Å². The van der Waals surface area contributed by atoms with Crippen LogP contribution < -0.4 is 10.8 Å². The molecule has 5 nitrogen and oxygen atoms in total. The maximum Gasteiger partial charge on any atom is 0.347 e. The fourth-order valence-corrected chi connectivity index (χ4v) is 1.29. The summed E-state index contributed by atoms with van der Waals surface area (Å²) in [5.74, 6) is 0. The third-order valence-corrected chi connectivity index (χ3v) is 2.06. The Morgan fingerprint density at radius 1 is 1.12 bits per heavy atom. The summed E-state index contributed by atoms with van der Waals surface area (Å²) in [6, 6.07) is 13.3. The molecule has 86 valence electrons. The lowest BCUT2D eigenvalue weighted by Crippen LogP contribution is -2.21. The topological polar surface area (TPSA) is 66.6 Å². The standard InChI is InChI=1S/C12H11N3O2/c16-12(13-10-6-2-1-3-7-10)14-11-8-4-5-9-15(11)17/h1-9,17H,(H,13,16)/b14-11-. The molecule has 0 saturated heterocycles. The van der Waals surface area contributed by atoms with E-state index < -0.39 is 6.03 Å². The van der Waals surface area contributed by atoms with Crippen molar-refractivity contribution in [1.29, 1.82) is 0 Å². The summed E-state index contributed by atoms with van der Waals surface area (Å²) in [6.45, 7) is 0. The van der Waals surface area contributed by atoms with E-state index in [4.69, 9.17) is 0 Å². The third-order valence-electron chi connectivity index (χ3n) is 2.06. The largest absolute Gasteiger partial charge is 0.427 e. The quantitative estimate of drug-likeness (QED) is 0.733. The van der Waals surface area contributed by atoms with Gasteiger partial charge in [0.1, 0.15) is 0 Å². The van der Waals surface area contributed by atoms with Gasteiger partial charge in [0.2, 0.25) is 0 Å². The van der Waals surface area contributed by atoms with E-state index in [2.05, 4.69) is 10.3 Å². The zero-order chi connectivity index (χ0) is 12.1. The Bertz CT molecular complexity index is 576. The molecule has 0 unspecified atom stereocenters. The number of aromatic nitrogens is 1. The lowest BCUT2D eigenvalue weighted by molar-refractivity contribution is 0.171. The molecule has 0 aliphatic carbocycles. The number of amides is 2. The zero-order valence-corrected chi connectivity index (χ0v) is 8.95. The number of carbonyl (C=O) groups excluding carboxylic acids is 1. The van der Waals surface area contributed by atoms with E-state index in [1.807, 2.05) is 18.2 Å². The number of hydrogen-bond donors (Lipinski definition) is 2. The van der Waals surface area contributed by atoms with Crippen molar-refractivity contribution in [2.45, 2.75) is 0 Å². The summed E-state index contributed by atoms with van der Waals surface area (Å²) in [7, 11) is 0. The molecule has 0 radical (unpaired) electrons. The Hall–Kier alpha value is -2.56. The van der Waals surface area contributed by atoms with Gasteiger partial charge in [0.15, 0.2) is 5.49 Å². The summed E-state index contributed by atoms with van der Waals surface area (Å²) in [5.41, 5.74) is 0.822. The molecule has 0 saturated carbocycles. The minimum atomic E-state index is -0.537. The van der Waals surface area contributed by atoms with Crippen LogP contribution >= 0.6 is 0 Å². The predicted molar refractivity (Wildman–Crippen MR) is 62.6 cm³/mol. The fraction of sp³-hybridized carbons (Fsp3) is 0. The number of benzene rings is 1.